The van der Waals surface area contributed by atoms with Crippen LogP contribution in [0.5, 0.6) is 0 Å². The van der Waals surface area contributed by atoms with E-state index in [1.165, 1.54) is 19.4 Å². The average molecular weight is 1440 g/mol. The number of carbonyl (C=O) groups excluding carboxylic acids is 12. The lowest BCUT2D eigenvalue weighted by molar-refractivity contribution is -0.145. The fourth-order valence-corrected chi connectivity index (χ4v) is 9.52. The van der Waals surface area contributed by atoms with Crippen molar-refractivity contribution >= 4 is 101 Å². The van der Waals surface area contributed by atoms with E-state index in [2.05, 4.69) is 68.1 Å². The Morgan fingerprint density at radius 2 is 0.940 bits per heavy atom. The van der Waals surface area contributed by atoms with Crippen LogP contribution in [0.3, 0.4) is 0 Å². The van der Waals surface area contributed by atoms with Crippen molar-refractivity contribution in [3.63, 3.8) is 0 Å². The van der Waals surface area contributed by atoms with Gasteiger partial charge < -0.3 is 127 Å². The van der Waals surface area contributed by atoms with E-state index in [4.69, 9.17) is 17.2 Å². The van der Waals surface area contributed by atoms with Gasteiger partial charge in [0.2, 0.25) is 70.9 Å². The minimum atomic E-state index is -2.03. The number of hydrogen-bond acceptors (Lipinski definition) is 24. The van der Waals surface area contributed by atoms with Gasteiger partial charge in [0.1, 0.15) is 66.5 Å². The number of nitrogens with two attached hydrogens (primary N) is 3. The number of aromatic nitrogens is 2. The zero-order valence-electron chi connectivity index (χ0n) is 55.8. The van der Waals surface area contributed by atoms with Crippen molar-refractivity contribution in [3.8, 4) is 0 Å². The zero-order valence-corrected chi connectivity index (χ0v) is 56.6. The summed E-state index contributed by atoms with van der Waals surface area (Å²) in [6, 6.07) is -13.5. The minimum Gasteiger partial charge on any atom is -0.481 e. The number of aliphatic hydroxyl groups excluding tert-OH is 6. The Morgan fingerprint density at radius 3 is 1.41 bits per heavy atom. The molecule has 2 rings (SSSR count). The molecule has 0 radical (unpaired) electrons. The predicted molar refractivity (Wildman–Crippen MR) is 353 cm³/mol. The van der Waals surface area contributed by atoms with Crippen LogP contribution >= 0.6 is 11.8 Å². The molecule has 0 aliphatic rings. The summed E-state index contributed by atoms with van der Waals surface area (Å²) < 4.78 is 0. The number of guanidine groups is 1. The van der Waals surface area contributed by atoms with Gasteiger partial charge in [0, 0.05) is 24.9 Å². The van der Waals surface area contributed by atoms with Crippen molar-refractivity contribution < 1.29 is 108 Å². The Balaban J connectivity index is 2.33. The largest absolute Gasteiger partial charge is 0.481 e. The third-order valence-corrected chi connectivity index (χ3v) is 15.6. The quantitative estimate of drug-likeness (QED) is 0.0166. The molecule has 0 unspecified atom stereocenters. The topological polar surface area (TPSA) is 664 Å². The number of nitrogens with zero attached hydrogens (tertiary/aromatic N) is 2. The molecule has 41 heteroatoms. The Hall–Kier alpha value is -9.65. The number of carboxylic acids is 2. The molecule has 0 fully saturated rings. The number of imidazole rings is 1. The number of hydrogen-bond donors (Lipinski definition) is 24. The first-order valence-electron chi connectivity index (χ1n) is 31.4. The second-order valence-corrected chi connectivity index (χ2v) is 24.0. The Kier molecular flexibility index (Phi) is 38.4. The first-order chi connectivity index (χ1) is 47.2. The van der Waals surface area contributed by atoms with Crippen molar-refractivity contribution in [1.29, 1.82) is 0 Å². The summed E-state index contributed by atoms with van der Waals surface area (Å²) in [5, 5.41) is 107. The van der Waals surface area contributed by atoms with E-state index in [-0.39, 0.29) is 49.6 Å². The highest BCUT2D eigenvalue weighted by atomic mass is 32.2. The fraction of sp³-hybridized carbons (Fsp3) is 0.593. The van der Waals surface area contributed by atoms with Gasteiger partial charge in [0.15, 0.2) is 12.0 Å². The normalized spacial score (nSPS) is 15.9. The van der Waals surface area contributed by atoms with Crippen LogP contribution in [0.2, 0.25) is 0 Å². The molecule has 16 atom stereocenters. The van der Waals surface area contributed by atoms with E-state index in [0.717, 1.165) is 31.2 Å². The number of aliphatic hydroxyl groups is 6. The zero-order chi connectivity index (χ0) is 75.5. The van der Waals surface area contributed by atoms with E-state index in [1.807, 2.05) is 10.6 Å². The number of amides is 12. The molecule has 558 valence electrons. The molecular weight excluding hydrogens is 1340 g/mol. The molecule has 27 N–H and O–H groups in total. The molecule has 1 heterocycles. The number of carboxylic acid groups (broad SMARTS) is 2. The van der Waals surface area contributed by atoms with Gasteiger partial charge in [0.25, 0.3) is 0 Å². The summed E-state index contributed by atoms with van der Waals surface area (Å²) >= 11 is 1.16. The molecule has 12 amide bonds. The van der Waals surface area contributed by atoms with Crippen LogP contribution in [0.25, 0.3) is 0 Å². The highest BCUT2D eigenvalue weighted by molar-refractivity contribution is 7.98. The van der Waals surface area contributed by atoms with Gasteiger partial charge in [-0.05, 0) is 69.9 Å². The second-order valence-electron chi connectivity index (χ2n) is 23.0. The number of rotatable bonds is 46. The van der Waals surface area contributed by atoms with E-state index in [1.54, 1.807) is 50.4 Å². The van der Waals surface area contributed by atoms with Gasteiger partial charge in [-0.2, -0.15) is 11.8 Å². The van der Waals surface area contributed by atoms with Gasteiger partial charge in [-0.3, -0.25) is 67.3 Å². The number of benzene rings is 1. The summed E-state index contributed by atoms with van der Waals surface area (Å²) in [6.45, 7) is 1.91. The Labute approximate surface area is 577 Å². The molecule has 2 aromatic rings. The molecule has 1 aromatic heterocycles. The van der Waals surface area contributed by atoms with Gasteiger partial charge in [-0.1, -0.05) is 50.6 Å². The SMILES string of the molecule is CC[C@H](C)[C@H](NC(=O)[C@@H](N)Cc1ccccc1)C(=O)N[C@@H](C)C(=O)N[C@@H](CO)C(=O)N[C@@H](CC(=O)O)C(=O)N[C@@H](CCSC)C(=O)N[C@H](C(=O)N[C@@H](CO)C(=O)N[C@@H](CCCN=C(N)N)C(=O)N[C@@H](Cc1cnc[nH]1)C(=O)N[C@@H](CO)C(=O)N[C@@H](CO)C(=O)N[C@H](C(=O)O)[C@@H](C)O)[C@@H](C)O. The van der Waals surface area contributed by atoms with Crippen molar-refractivity contribution in [2.75, 3.05) is 45.0 Å². The molecule has 0 saturated heterocycles. The van der Waals surface area contributed by atoms with E-state index in [9.17, 15) is 108 Å². The number of aliphatic carboxylic acids is 2. The van der Waals surface area contributed by atoms with Crippen LogP contribution in [0.4, 0.5) is 0 Å². The molecule has 0 aliphatic carbocycles. The second kappa shape index (κ2) is 44.4. The summed E-state index contributed by atoms with van der Waals surface area (Å²) in [6.07, 6.45) is -1.10. The molecule has 40 nitrogen and oxygen atoms in total. The molecule has 100 heavy (non-hydrogen) atoms. The van der Waals surface area contributed by atoms with Gasteiger partial charge >= 0.3 is 11.9 Å². The first-order valence-corrected chi connectivity index (χ1v) is 32.8. The minimum absolute atomic E-state index is 0.0745. The number of thioether (sulfide) groups is 1. The fourth-order valence-electron chi connectivity index (χ4n) is 9.05. The standard InChI is InChI=1S/C59H94N18O22S/c1-7-27(2)43(75-47(87)33(60)18-31-12-9-8-10-13-31)56(96)66-28(3)46(86)71-38(22-78)53(93)70-37(20-42(84)85)51(91)68-35(15-17-100-6)49(89)76-44(29(4)82)57(97)74-40(24-80)52(92)67-34(14-11-16-64-59(61)62)48(88)69-36(19-32-21-63-26-65-32)50(90)72-39(23-79)54(94)73-41(25-81)55(95)77-45(30(5)83)58(98)99/h8-10,12-13,21,26-30,33-41,43-45,78-83H,7,11,14-20,22-25,60H2,1-6H3,(H,63,65)(H,66,96)(H,67,92)(H,68,91)(H,69,88)(H,70,93)(H,71,86)(H,72,90)(H,73,94)(H,74,97)(H,75,87)(H,76,89)(H,77,95)(H,84,85)(H,98,99)(H4,61,62,64)/t27-,28-,29+,30+,33-,34-,35-,36-,37-,38-,39-,40-,41-,43-,44-,45-/m0/s1. The van der Waals surface area contributed by atoms with E-state index in [0.29, 0.717) is 6.42 Å². The number of aliphatic imine (C=N–C) groups is 1. The smallest absolute Gasteiger partial charge is 0.328 e. The Morgan fingerprint density at radius 1 is 0.520 bits per heavy atom. The monoisotopic (exact) mass is 1440 g/mol. The highest BCUT2D eigenvalue weighted by Gasteiger charge is 2.39. The van der Waals surface area contributed by atoms with Crippen molar-refractivity contribution in [2.45, 2.75) is 170 Å². The van der Waals surface area contributed by atoms with E-state index >= 15 is 0 Å². The van der Waals surface area contributed by atoms with Crippen LogP contribution in [-0.2, 0) is 80.0 Å². The first kappa shape index (κ1) is 86.4. The average Bonchev–Trinajstić information content (AvgIpc) is 1.09. The number of aromatic amines is 1. The van der Waals surface area contributed by atoms with Crippen LogP contribution in [0.1, 0.15) is 78.0 Å². The molecule has 1 aromatic carbocycles. The molecule has 0 spiro atoms. The molecule has 0 aliphatic heterocycles. The lowest BCUT2D eigenvalue weighted by atomic mass is 9.97. The van der Waals surface area contributed by atoms with Gasteiger partial charge in [-0.15, -0.1) is 0 Å². The highest BCUT2D eigenvalue weighted by Crippen LogP contribution is 2.12. The maximum Gasteiger partial charge on any atom is 0.328 e. The summed E-state index contributed by atoms with van der Waals surface area (Å²) in [5.74, 6) is -17.9. The van der Waals surface area contributed by atoms with Crippen LogP contribution in [0.15, 0.2) is 47.8 Å². The maximum atomic E-state index is 14.2. The number of H-pyrrole nitrogens is 1. The summed E-state index contributed by atoms with van der Waals surface area (Å²) in [7, 11) is 0. The third-order valence-electron chi connectivity index (χ3n) is 15.0. The van der Waals surface area contributed by atoms with Crippen molar-refractivity contribution in [3.05, 3.63) is 54.1 Å². The Bertz CT molecular complexity index is 3090. The predicted octanol–water partition coefficient (Wildman–Crippen LogP) is -10.5. The van der Waals surface area contributed by atoms with Crippen LogP contribution < -0.4 is 81.0 Å². The third kappa shape index (κ3) is 29.8. The summed E-state index contributed by atoms with van der Waals surface area (Å²) in [4.78, 5) is 198. The lowest BCUT2D eigenvalue weighted by Crippen LogP contribution is -2.63. The van der Waals surface area contributed by atoms with Crippen molar-refractivity contribution in [1.82, 2.24) is 73.8 Å². The molecule has 0 bridgehead atoms. The maximum absolute atomic E-state index is 14.2. The summed E-state index contributed by atoms with van der Waals surface area (Å²) in [5.41, 5.74) is 18.0. The van der Waals surface area contributed by atoms with E-state index < -0.39 is 219 Å². The molecule has 0 saturated carbocycles. The lowest BCUT2D eigenvalue weighted by Gasteiger charge is -2.28. The number of carbonyl (C=O) groups is 14. The van der Waals surface area contributed by atoms with Crippen LogP contribution in [0, 0.1) is 5.92 Å². The number of nitrogens with one attached hydrogen (secondary N) is 13. The van der Waals surface area contributed by atoms with Crippen LogP contribution in [-0.4, -0.2) is 275 Å². The molecular formula is C59H94N18O22S. The van der Waals surface area contributed by atoms with Crippen molar-refractivity contribution in [2.24, 2.45) is 28.1 Å². The van der Waals surface area contributed by atoms with Gasteiger partial charge in [-0.25, -0.2) is 9.78 Å². The van der Waals surface area contributed by atoms with Gasteiger partial charge in [0.05, 0.1) is 57.4 Å².